The summed E-state index contributed by atoms with van der Waals surface area (Å²) in [4.78, 5) is 14.5. The number of hydrogen-bond donors (Lipinski definition) is 0. The Morgan fingerprint density at radius 2 is 2.00 bits per heavy atom. The highest BCUT2D eigenvalue weighted by molar-refractivity contribution is 7.99. The zero-order valence-corrected chi connectivity index (χ0v) is 17.0. The predicted octanol–water partition coefficient (Wildman–Crippen LogP) is 4.11. The molecule has 0 aliphatic carbocycles. The Kier molecular flexibility index (Phi) is 6.59. The van der Waals surface area contributed by atoms with Crippen LogP contribution in [0, 0.1) is 0 Å². The first-order valence-electron chi connectivity index (χ1n) is 9.78. The van der Waals surface area contributed by atoms with Crippen molar-refractivity contribution < 1.29 is 0 Å². The molecule has 0 spiro atoms. The van der Waals surface area contributed by atoms with Crippen LogP contribution in [0.25, 0.3) is 0 Å². The van der Waals surface area contributed by atoms with Crippen LogP contribution < -0.4 is 0 Å². The smallest absolute Gasteiger partial charge is 0.187 e. The Morgan fingerprint density at radius 3 is 2.85 bits per heavy atom. The predicted molar refractivity (Wildman–Crippen MR) is 110 cm³/mol. The molecule has 4 heterocycles. The van der Waals surface area contributed by atoms with Gasteiger partial charge in [0.25, 0.3) is 0 Å². The summed E-state index contributed by atoms with van der Waals surface area (Å²) in [5.41, 5.74) is 2.68. The molecule has 26 heavy (non-hydrogen) atoms. The molecule has 140 valence electrons. The van der Waals surface area contributed by atoms with E-state index in [2.05, 4.69) is 37.7 Å². The van der Waals surface area contributed by atoms with E-state index in [1.807, 2.05) is 18.0 Å². The molecule has 0 aromatic carbocycles. The van der Waals surface area contributed by atoms with E-state index >= 15 is 0 Å². The van der Waals surface area contributed by atoms with Crippen molar-refractivity contribution in [3.63, 3.8) is 0 Å². The molecular formula is C20H28N4S2. The van der Waals surface area contributed by atoms with Gasteiger partial charge in [-0.2, -0.15) is 11.3 Å². The van der Waals surface area contributed by atoms with Crippen molar-refractivity contribution in [1.29, 1.82) is 0 Å². The Morgan fingerprint density at radius 1 is 1.12 bits per heavy atom. The van der Waals surface area contributed by atoms with Crippen molar-refractivity contribution in [1.82, 2.24) is 19.8 Å². The molecule has 2 aliphatic heterocycles. The SMILES string of the molecule is c1cc(C2CCCN(Cc3ccsc3)C2)nc(SCCN2CCCC2)n1. The number of aromatic nitrogens is 2. The molecule has 6 heteroatoms. The monoisotopic (exact) mass is 388 g/mol. The summed E-state index contributed by atoms with van der Waals surface area (Å²) in [5.74, 6) is 1.64. The third-order valence-electron chi connectivity index (χ3n) is 5.40. The van der Waals surface area contributed by atoms with Gasteiger partial charge in [0.05, 0.1) is 0 Å². The highest BCUT2D eigenvalue weighted by Gasteiger charge is 2.23. The maximum absolute atomic E-state index is 4.90. The van der Waals surface area contributed by atoms with E-state index in [9.17, 15) is 0 Å². The largest absolute Gasteiger partial charge is 0.303 e. The topological polar surface area (TPSA) is 32.3 Å². The number of nitrogens with zero attached hydrogens (tertiary/aromatic N) is 4. The molecule has 0 saturated carbocycles. The van der Waals surface area contributed by atoms with Crippen LogP contribution in [0.5, 0.6) is 0 Å². The van der Waals surface area contributed by atoms with Crippen LogP contribution in [0.2, 0.25) is 0 Å². The summed E-state index contributed by atoms with van der Waals surface area (Å²) >= 11 is 3.60. The van der Waals surface area contributed by atoms with E-state index in [0.29, 0.717) is 5.92 Å². The van der Waals surface area contributed by atoms with E-state index in [1.165, 1.54) is 56.6 Å². The van der Waals surface area contributed by atoms with Crippen molar-refractivity contribution in [3.05, 3.63) is 40.3 Å². The molecule has 2 aliphatic rings. The zero-order valence-electron chi connectivity index (χ0n) is 15.3. The van der Waals surface area contributed by atoms with Gasteiger partial charge in [0.2, 0.25) is 0 Å². The molecule has 4 nitrogen and oxygen atoms in total. The second-order valence-electron chi connectivity index (χ2n) is 7.37. The number of thioether (sulfide) groups is 1. The van der Waals surface area contributed by atoms with Crippen molar-refractivity contribution in [2.45, 2.75) is 43.3 Å². The fourth-order valence-electron chi connectivity index (χ4n) is 4.00. The van der Waals surface area contributed by atoms with Crippen molar-refractivity contribution in [2.75, 3.05) is 38.5 Å². The lowest BCUT2D eigenvalue weighted by Crippen LogP contribution is -2.34. The van der Waals surface area contributed by atoms with Gasteiger partial charge in [-0.3, -0.25) is 4.90 Å². The van der Waals surface area contributed by atoms with E-state index in [0.717, 1.165) is 30.5 Å². The van der Waals surface area contributed by atoms with E-state index in [1.54, 1.807) is 11.3 Å². The molecule has 2 saturated heterocycles. The van der Waals surface area contributed by atoms with Gasteiger partial charge in [-0.05, 0) is 73.8 Å². The normalized spacial score (nSPS) is 22.1. The van der Waals surface area contributed by atoms with Gasteiger partial charge in [-0.15, -0.1) is 0 Å². The molecule has 2 aromatic heterocycles. The van der Waals surface area contributed by atoms with E-state index in [-0.39, 0.29) is 0 Å². The highest BCUT2D eigenvalue weighted by atomic mass is 32.2. The molecule has 0 radical (unpaired) electrons. The fraction of sp³-hybridized carbons (Fsp3) is 0.600. The third kappa shape index (κ3) is 5.06. The quantitative estimate of drug-likeness (QED) is 0.526. The minimum Gasteiger partial charge on any atom is -0.303 e. The summed E-state index contributed by atoms with van der Waals surface area (Å²) in [7, 11) is 0. The Labute approximate surface area is 165 Å². The average molecular weight is 389 g/mol. The summed E-state index contributed by atoms with van der Waals surface area (Å²) in [6.45, 7) is 7.09. The lowest BCUT2D eigenvalue weighted by Gasteiger charge is -2.32. The molecule has 1 atom stereocenters. The van der Waals surface area contributed by atoms with Crippen LogP contribution in [0.4, 0.5) is 0 Å². The summed E-state index contributed by atoms with van der Waals surface area (Å²) in [6.07, 6.45) is 7.18. The van der Waals surface area contributed by atoms with Crippen LogP contribution >= 0.6 is 23.1 Å². The minimum absolute atomic E-state index is 0.545. The minimum atomic E-state index is 0.545. The molecule has 1 unspecified atom stereocenters. The van der Waals surface area contributed by atoms with Gasteiger partial charge in [-0.25, -0.2) is 9.97 Å². The average Bonchev–Trinajstić information content (AvgIpc) is 3.37. The first-order valence-corrected chi connectivity index (χ1v) is 11.7. The van der Waals surface area contributed by atoms with Gasteiger partial charge < -0.3 is 4.90 Å². The van der Waals surface area contributed by atoms with Gasteiger partial charge in [-0.1, -0.05) is 11.8 Å². The Bertz CT molecular complexity index is 670. The van der Waals surface area contributed by atoms with Crippen LogP contribution in [-0.4, -0.2) is 58.2 Å². The second kappa shape index (κ2) is 9.31. The zero-order chi connectivity index (χ0) is 17.6. The molecule has 0 bridgehead atoms. The lowest BCUT2D eigenvalue weighted by molar-refractivity contribution is 0.198. The van der Waals surface area contributed by atoms with Crippen molar-refractivity contribution in [3.8, 4) is 0 Å². The number of thiophene rings is 1. The van der Waals surface area contributed by atoms with Crippen LogP contribution in [-0.2, 0) is 6.54 Å². The van der Waals surface area contributed by atoms with Crippen molar-refractivity contribution >= 4 is 23.1 Å². The second-order valence-corrected chi connectivity index (χ2v) is 9.21. The molecule has 2 fully saturated rings. The molecule has 0 amide bonds. The van der Waals surface area contributed by atoms with E-state index < -0.39 is 0 Å². The molecule has 4 rings (SSSR count). The van der Waals surface area contributed by atoms with Gasteiger partial charge in [0.15, 0.2) is 5.16 Å². The number of likely N-dealkylation sites (tertiary alicyclic amines) is 2. The maximum Gasteiger partial charge on any atom is 0.187 e. The fourth-order valence-corrected chi connectivity index (χ4v) is 5.50. The Hall–Kier alpha value is -0.950. The first kappa shape index (κ1) is 18.4. The number of rotatable bonds is 7. The molecular weight excluding hydrogens is 360 g/mol. The van der Waals surface area contributed by atoms with Crippen LogP contribution in [0.3, 0.4) is 0 Å². The van der Waals surface area contributed by atoms with Crippen LogP contribution in [0.15, 0.2) is 34.2 Å². The van der Waals surface area contributed by atoms with Gasteiger partial charge >= 0.3 is 0 Å². The number of hydrogen-bond acceptors (Lipinski definition) is 6. The maximum atomic E-state index is 4.90. The number of piperidine rings is 1. The molecule has 2 aromatic rings. The molecule has 0 N–H and O–H groups in total. The first-order chi connectivity index (χ1) is 12.9. The lowest BCUT2D eigenvalue weighted by atomic mass is 9.94. The summed E-state index contributed by atoms with van der Waals surface area (Å²) < 4.78 is 0. The van der Waals surface area contributed by atoms with E-state index in [4.69, 9.17) is 4.98 Å². The van der Waals surface area contributed by atoms with Gasteiger partial charge in [0.1, 0.15) is 0 Å². The van der Waals surface area contributed by atoms with Gasteiger partial charge in [0, 0.05) is 43.2 Å². The summed E-state index contributed by atoms with van der Waals surface area (Å²) in [5, 5.41) is 5.40. The Balaban J connectivity index is 1.31. The highest BCUT2D eigenvalue weighted by Crippen LogP contribution is 2.28. The standard InChI is InChI=1S/C20H28N4S2/c1-2-9-23(8-1)11-13-26-20-21-7-5-19(22-20)18-4-3-10-24(15-18)14-17-6-12-25-16-17/h5-7,12,16,18H,1-4,8-11,13-15H2. The van der Waals surface area contributed by atoms with Crippen molar-refractivity contribution in [2.24, 2.45) is 0 Å². The summed E-state index contributed by atoms with van der Waals surface area (Å²) in [6, 6.07) is 4.37. The third-order valence-corrected chi connectivity index (χ3v) is 6.98. The van der Waals surface area contributed by atoms with Crippen LogP contribution in [0.1, 0.15) is 42.9 Å².